The van der Waals surface area contributed by atoms with Gasteiger partial charge in [0, 0.05) is 37.1 Å². The zero-order valence-electron chi connectivity index (χ0n) is 16.0. The number of hydrogen-bond donors (Lipinski definition) is 0. The van der Waals surface area contributed by atoms with Gasteiger partial charge in [0.2, 0.25) is 5.91 Å². The van der Waals surface area contributed by atoms with Gasteiger partial charge in [-0.3, -0.25) is 19.1 Å². The highest BCUT2D eigenvalue weighted by atomic mass is 32.1. The van der Waals surface area contributed by atoms with Gasteiger partial charge in [-0.2, -0.15) is 0 Å². The quantitative estimate of drug-likeness (QED) is 0.665. The molecule has 0 N–H and O–H groups in total. The Morgan fingerprint density at radius 1 is 1.14 bits per heavy atom. The van der Waals surface area contributed by atoms with Crippen molar-refractivity contribution in [3.05, 3.63) is 52.4 Å². The van der Waals surface area contributed by atoms with E-state index in [9.17, 15) is 9.59 Å². The van der Waals surface area contributed by atoms with Crippen LogP contribution in [0.3, 0.4) is 0 Å². The van der Waals surface area contributed by atoms with Crippen molar-refractivity contribution in [1.29, 1.82) is 0 Å². The van der Waals surface area contributed by atoms with E-state index in [1.165, 1.54) is 22.2 Å². The number of fused-ring (bicyclic) bond motifs is 1. The first kappa shape index (κ1) is 18.8. The molecular weight excluding hydrogens is 372 g/mol. The van der Waals surface area contributed by atoms with Crippen molar-refractivity contribution in [3.63, 3.8) is 0 Å². The Morgan fingerprint density at radius 3 is 2.61 bits per heavy atom. The lowest BCUT2D eigenvalue weighted by molar-refractivity contribution is -0.133. The van der Waals surface area contributed by atoms with Gasteiger partial charge in [0.25, 0.3) is 5.56 Å². The van der Waals surface area contributed by atoms with E-state index in [2.05, 4.69) is 16.8 Å². The van der Waals surface area contributed by atoms with Crippen LogP contribution in [-0.2, 0) is 11.3 Å². The molecule has 1 amide bonds. The van der Waals surface area contributed by atoms with E-state index in [1.54, 1.807) is 0 Å². The highest BCUT2D eigenvalue weighted by Crippen LogP contribution is 2.30. The lowest BCUT2D eigenvalue weighted by atomic mass is 10.1. The molecule has 0 bridgehead atoms. The predicted octanol–water partition coefficient (Wildman–Crippen LogP) is 2.68. The molecule has 0 radical (unpaired) electrons. The second kappa shape index (κ2) is 8.24. The predicted molar refractivity (Wildman–Crippen MR) is 113 cm³/mol. The number of rotatable bonds is 5. The maximum atomic E-state index is 13.1. The number of nitrogens with zero attached hydrogens (tertiary/aromatic N) is 4. The van der Waals surface area contributed by atoms with Gasteiger partial charge in [0.1, 0.15) is 11.4 Å². The summed E-state index contributed by atoms with van der Waals surface area (Å²) >= 11 is 1.46. The average molecular weight is 397 g/mol. The smallest absolute Gasteiger partial charge is 0.263 e. The highest BCUT2D eigenvalue weighted by molar-refractivity contribution is 7.17. The Labute approximate surface area is 168 Å². The van der Waals surface area contributed by atoms with Crippen LogP contribution < -0.4 is 5.56 Å². The van der Waals surface area contributed by atoms with E-state index in [1.807, 2.05) is 40.6 Å². The summed E-state index contributed by atoms with van der Waals surface area (Å²) in [5, 5.41) is 2.56. The molecule has 7 heteroatoms. The second-order valence-electron chi connectivity index (χ2n) is 7.10. The van der Waals surface area contributed by atoms with Crippen LogP contribution in [0, 0.1) is 0 Å². The summed E-state index contributed by atoms with van der Waals surface area (Å²) in [6.07, 6.45) is 2.63. The molecule has 4 rings (SSSR count). The van der Waals surface area contributed by atoms with E-state index in [0.29, 0.717) is 10.2 Å². The number of aromatic nitrogens is 2. The fraction of sp³-hybridized carbons (Fsp3) is 0.381. The van der Waals surface area contributed by atoms with Gasteiger partial charge in [-0.15, -0.1) is 11.3 Å². The molecule has 1 aromatic carbocycles. The largest absolute Gasteiger partial charge is 0.339 e. The SMILES string of the molecule is CCCN1CCN(C(=O)Cn2cnc3scc(-c4ccccc4)c3c2=O)CC1. The summed E-state index contributed by atoms with van der Waals surface area (Å²) in [7, 11) is 0. The van der Waals surface area contributed by atoms with Gasteiger partial charge in [-0.05, 0) is 18.5 Å². The van der Waals surface area contributed by atoms with Gasteiger partial charge in [0.05, 0.1) is 11.7 Å². The monoisotopic (exact) mass is 396 g/mol. The van der Waals surface area contributed by atoms with Crippen LogP contribution in [0.1, 0.15) is 13.3 Å². The third-order valence-corrected chi connectivity index (χ3v) is 6.10. The molecule has 1 aliphatic heterocycles. The molecule has 1 fully saturated rings. The molecule has 28 heavy (non-hydrogen) atoms. The summed E-state index contributed by atoms with van der Waals surface area (Å²) in [5.41, 5.74) is 1.72. The topological polar surface area (TPSA) is 58.4 Å². The Kier molecular flexibility index (Phi) is 5.54. The highest BCUT2D eigenvalue weighted by Gasteiger charge is 2.22. The number of amides is 1. The number of benzene rings is 1. The van der Waals surface area contributed by atoms with Crippen LogP contribution in [0.25, 0.3) is 21.3 Å². The number of thiophene rings is 1. The molecular formula is C21H24N4O2S. The Balaban J connectivity index is 1.56. The maximum Gasteiger partial charge on any atom is 0.263 e. The molecule has 6 nitrogen and oxygen atoms in total. The van der Waals surface area contributed by atoms with Crippen molar-refractivity contribution in [2.45, 2.75) is 19.9 Å². The number of piperazine rings is 1. The van der Waals surface area contributed by atoms with Crippen LogP contribution in [-0.4, -0.2) is 58.0 Å². The number of carbonyl (C=O) groups is 1. The van der Waals surface area contributed by atoms with E-state index in [-0.39, 0.29) is 18.0 Å². The van der Waals surface area contributed by atoms with Crippen molar-refractivity contribution in [2.24, 2.45) is 0 Å². The molecule has 0 aliphatic carbocycles. The van der Waals surface area contributed by atoms with E-state index >= 15 is 0 Å². The zero-order chi connectivity index (χ0) is 19.5. The van der Waals surface area contributed by atoms with Crippen LogP contribution >= 0.6 is 11.3 Å². The van der Waals surface area contributed by atoms with Gasteiger partial charge in [-0.1, -0.05) is 37.3 Å². The zero-order valence-corrected chi connectivity index (χ0v) is 16.8. The molecule has 0 unspecified atom stereocenters. The first-order valence-electron chi connectivity index (χ1n) is 9.69. The fourth-order valence-electron chi connectivity index (χ4n) is 3.69. The number of hydrogen-bond acceptors (Lipinski definition) is 5. The van der Waals surface area contributed by atoms with Crippen LogP contribution in [0.15, 0.2) is 46.8 Å². The normalized spacial score (nSPS) is 15.2. The van der Waals surface area contributed by atoms with Gasteiger partial charge >= 0.3 is 0 Å². The molecule has 0 saturated carbocycles. The summed E-state index contributed by atoms with van der Waals surface area (Å²) in [4.78, 5) is 35.2. The Bertz CT molecular complexity index is 1020. The minimum Gasteiger partial charge on any atom is -0.339 e. The minimum atomic E-state index is -0.150. The summed E-state index contributed by atoms with van der Waals surface area (Å²) in [6.45, 7) is 6.51. The van der Waals surface area contributed by atoms with E-state index in [4.69, 9.17) is 0 Å². The lowest BCUT2D eigenvalue weighted by Gasteiger charge is -2.34. The van der Waals surface area contributed by atoms with E-state index in [0.717, 1.165) is 50.3 Å². The molecule has 0 atom stereocenters. The molecule has 1 saturated heterocycles. The van der Waals surface area contributed by atoms with Crippen molar-refractivity contribution < 1.29 is 4.79 Å². The van der Waals surface area contributed by atoms with Gasteiger partial charge < -0.3 is 4.90 Å². The third kappa shape index (κ3) is 3.72. The minimum absolute atomic E-state index is 0.0177. The Morgan fingerprint density at radius 2 is 1.89 bits per heavy atom. The average Bonchev–Trinajstić information content (AvgIpc) is 3.16. The summed E-state index contributed by atoms with van der Waals surface area (Å²) in [6, 6.07) is 9.83. The van der Waals surface area contributed by atoms with Crippen molar-refractivity contribution in [3.8, 4) is 11.1 Å². The number of carbonyl (C=O) groups excluding carboxylic acids is 1. The molecule has 3 heterocycles. The molecule has 146 valence electrons. The van der Waals surface area contributed by atoms with E-state index < -0.39 is 0 Å². The fourth-order valence-corrected chi connectivity index (χ4v) is 4.60. The second-order valence-corrected chi connectivity index (χ2v) is 7.95. The van der Waals surface area contributed by atoms with Crippen LogP contribution in [0.5, 0.6) is 0 Å². The van der Waals surface area contributed by atoms with Gasteiger partial charge in [0.15, 0.2) is 0 Å². The first-order valence-corrected chi connectivity index (χ1v) is 10.6. The van der Waals surface area contributed by atoms with Crippen molar-refractivity contribution in [2.75, 3.05) is 32.7 Å². The van der Waals surface area contributed by atoms with Crippen LogP contribution in [0.4, 0.5) is 0 Å². The van der Waals surface area contributed by atoms with Gasteiger partial charge in [-0.25, -0.2) is 4.98 Å². The van der Waals surface area contributed by atoms with Crippen molar-refractivity contribution in [1.82, 2.24) is 19.4 Å². The maximum absolute atomic E-state index is 13.1. The first-order chi connectivity index (χ1) is 13.7. The molecule has 0 spiro atoms. The molecule has 2 aromatic heterocycles. The van der Waals surface area contributed by atoms with Crippen LogP contribution in [0.2, 0.25) is 0 Å². The van der Waals surface area contributed by atoms with Crippen molar-refractivity contribution >= 4 is 27.5 Å². The third-order valence-electron chi connectivity index (χ3n) is 5.22. The molecule has 1 aliphatic rings. The standard InChI is InChI=1S/C21H24N4O2S/c1-2-8-23-9-11-24(12-10-23)18(26)13-25-15-22-20-19(21(25)27)17(14-28-20)16-6-4-3-5-7-16/h3-7,14-15H,2,8-13H2,1H3. The molecule has 3 aromatic rings. The Hall–Kier alpha value is -2.51. The summed E-state index contributed by atoms with van der Waals surface area (Å²) in [5.74, 6) is -0.0177. The summed E-state index contributed by atoms with van der Waals surface area (Å²) < 4.78 is 1.45. The lowest BCUT2D eigenvalue weighted by Crippen LogP contribution is -2.50.